The predicted molar refractivity (Wildman–Crippen MR) is 84.3 cm³/mol. The first-order chi connectivity index (χ1) is 9.74. The van der Waals surface area contributed by atoms with Crippen LogP contribution in [0, 0.1) is 3.57 Å². The fourth-order valence-corrected chi connectivity index (χ4v) is 2.66. The van der Waals surface area contributed by atoms with Gasteiger partial charge in [-0.15, -0.1) is 0 Å². The minimum atomic E-state index is -0.0680. The first-order valence-corrected chi connectivity index (χ1v) is 7.65. The van der Waals surface area contributed by atoms with E-state index in [1.165, 1.54) is 12.8 Å². The third kappa shape index (κ3) is 3.15. The lowest BCUT2D eigenvalue weighted by molar-refractivity contribution is 0.0949. The lowest BCUT2D eigenvalue weighted by atomic mass is 10.2. The third-order valence-electron chi connectivity index (χ3n) is 3.29. The molecule has 3 rings (SSSR count). The molecule has 0 aliphatic heterocycles. The van der Waals surface area contributed by atoms with Crippen LogP contribution < -0.4 is 5.32 Å². The topological polar surface area (TPSA) is 54.9 Å². The van der Waals surface area contributed by atoms with Crippen LogP contribution in [-0.4, -0.2) is 15.9 Å². The van der Waals surface area contributed by atoms with Crippen molar-refractivity contribution in [2.45, 2.75) is 25.3 Å². The normalized spacial score (nSPS) is 14.1. The first-order valence-electron chi connectivity index (χ1n) is 6.57. The Balaban J connectivity index is 1.66. The van der Waals surface area contributed by atoms with E-state index in [1.807, 2.05) is 30.3 Å². The van der Waals surface area contributed by atoms with Crippen LogP contribution in [0.25, 0.3) is 0 Å². The molecule has 1 aromatic heterocycles. The molecule has 1 amide bonds. The van der Waals surface area contributed by atoms with Crippen molar-refractivity contribution in [3.05, 3.63) is 57.2 Å². The summed E-state index contributed by atoms with van der Waals surface area (Å²) in [5.74, 6) is 0.532. The second kappa shape index (κ2) is 5.87. The predicted octanol–water partition coefficient (Wildman–Crippen LogP) is 2.89. The molecule has 5 heteroatoms. The highest BCUT2D eigenvalue weighted by atomic mass is 127. The maximum absolute atomic E-state index is 12.1. The van der Waals surface area contributed by atoms with E-state index in [2.05, 4.69) is 37.9 Å². The fraction of sp³-hybridized carbons (Fsp3) is 0.267. The Labute approximate surface area is 131 Å². The van der Waals surface area contributed by atoms with Gasteiger partial charge in [-0.2, -0.15) is 0 Å². The van der Waals surface area contributed by atoms with Crippen LogP contribution in [0.2, 0.25) is 0 Å². The van der Waals surface area contributed by atoms with Crippen molar-refractivity contribution < 1.29 is 4.79 Å². The van der Waals surface area contributed by atoms with Crippen LogP contribution in [0.3, 0.4) is 0 Å². The molecule has 2 aromatic rings. The van der Waals surface area contributed by atoms with Gasteiger partial charge in [0.25, 0.3) is 5.91 Å². The van der Waals surface area contributed by atoms with Crippen LogP contribution in [0.15, 0.2) is 36.7 Å². The summed E-state index contributed by atoms with van der Waals surface area (Å²) in [7, 11) is 0. The smallest absolute Gasteiger partial charge is 0.252 e. The summed E-state index contributed by atoms with van der Waals surface area (Å²) in [5.41, 5.74) is 2.66. The Hall–Kier alpha value is -1.50. The number of nitrogens with zero attached hydrogens (tertiary/aromatic N) is 2. The fourth-order valence-electron chi connectivity index (χ4n) is 2.03. The minimum Gasteiger partial charge on any atom is -0.346 e. The number of nitrogens with one attached hydrogen (secondary N) is 1. The summed E-state index contributed by atoms with van der Waals surface area (Å²) in [4.78, 5) is 20.6. The van der Waals surface area contributed by atoms with Gasteiger partial charge >= 0.3 is 0 Å². The van der Waals surface area contributed by atoms with Crippen molar-refractivity contribution in [3.63, 3.8) is 0 Å². The Morgan fingerprint density at radius 2 is 2.10 bits per heavy atom. The lowest BCUT2D eigenvalue weighted by Crippen LogP contribution is -2.24. The molecule has 1 heterocycles. The van der Waals surface area contributed by atoms with Gasteiger partial charge in [-0.3, -0.25) is 4.79 Å². The molecular formula is C15H14IN3O. The van der Waals surface area contributed by atoms with Gasteiger partial charge in [0.1, 0.15) is 6.33 Å². The standard InChI is InChI=1S/C15H14IN3O/c16-13-4-2-1-3-12(13)15(20)17-8-11-7-14(10-5-6-10)19-9-18-11/h1-4,7,9-10H,5-6,8H2,(H,17,20). The van der Waals surface area contributed by atoms with Crippen LogP contribution in [0.1, 0.15) is 40.5 Å². The quantitative estimate of drug-likeness (QED) is 0.832. The maximum Gasteiger partial charge on any atom is 0.252 e. The largest absolute Gasteiger partial charge is 0.346 e. The number of amides is 1. The number of benzene rings is 1. The molecule has 0 bridgehead atoms. The van der Waals surface area contributed by atoms with E-state index in [1.54, 1.807) is 6.33 Å². The highest BCUT2D eigenvalue weighted by Gasteiger charge is 2.25. The molecule has 1 fully saturated rings. The molecule has 0 saturated heterocycles. The van der Waals surface area contributed by atoms with E-state index in [4.69, 9.17) is 0 Å². The second-order valence-electron chi connectivity index (χ2n) is 4.87. The van der Waals surface area contributed by atoms with Gasteiger partial charge in [-0.1, -0.05) is 12.1 Å². The van der Waals surface area contributed by atoms with Gasteiger partial charge in [0.05, 0.1) is 17.8 Å². The van der Waals surface area contributed by atoms with E-state index in [0.717, 1.165) is 15.0 Å². The zero-order valence-electron chi connectivity index (χ0n) is 10.8. The van der Waals surface area contributed by atoms with Crippen molar-refractivity contribution in [2.24, 2.45) is 0 Å². The summed E-state index contributed by atoms with van der Waals surface area (Å²) in [5, 5.41) is 2.91. The zero-order chi connectivity index (χ0) is 13.9. The van der Waals surface area contributed by atoms with E-state index >= 15 is 0 Å². The van der Waals surface area contributed by atoms with E-state index in [9.17, 15) is 4.79 Å². The summed E-state index contributed by atoms with van der Waals surface area (Å²) in [6, 6.07) is 9.53. The van der Waals surface area contributed by atoms with Gasteiger partial charge in [0.15, 0.2) is 0 Å². The minimum absolute atomic E-state index is 0.0680. The second-order valence-corrected chi connectivity index (χ2v) is 6.03. The maximum atomic E-state index is 12.1. The molecule has 1 N–H and O–H groups in total. The lowest BCUT2D eigenvalue weighted by Gasteiger charge is -2.07. The number of carbonyl (C=O) groups is 1. The van der Waals surface area contributed by atoms with Gasteiger partial charge in [-0.05, 0) is 53.6 Å². The van der Waals surface area contributed by atoms with E-state index in [0.29, 0.717) is 18.0 Å². The summed E-state index contributed by atoms with van der Waals surface area (Å²) in [6.07, 6.45) is 4.01. The Morgan fingerprint density at radius 3 is 2.85 bits per heavy atom. The molecule has 0 unspecified atom stereocenters. The highest BCUT2D eigenvalue weighted by molar-refractivity contribution is 14.1. The van der Waals surface area contributed by atoms with Crippen LogP contribution in [0.4, 0.5) is 0 Å². The first kappa shape index (κ1) is 13.5. The molecule has 0 radical (unpaired) electrons. The van der Waals surface area contributed by atoms with Crippen molar-refractivity contribution in [1.29, 1.82) is 0 Å². The van der Waals surface area contributed by atoms with E-state index < -0.39 is 0 Å². The monoisotopic (exact) mass is 379 g/mol. The van der Waals surface area contributed by atoms with Crippen molar-refractivity contribution in [3.8, 4) is 0 Å². The van der Waals surface area contributed by atoms with Gasteiger partial charge in [0.2, 0.25) is 0 Å². The van der Waals surface area contributed by atoms with Gasteiger partial charge in [-0.25, -0.2) is 9.97 Å². The van der Waals surface area contributed by atoms with Crippen molar-refractivity contribution in [2.75, 3.05) is 0 Å². The highest BCUT2D eigenvalue weighted by Crippen LogP contribution is 2.38. The molecule has 4 nitrogen and oxygen atoms in total. The summed E-state index contributed by atoms with van der Waals surface area (Å²) in [6.45, 7) is 0.437. The molecule has 0 atom stereocenters. The molecule has 1 saturated carbocycles. The SMILES string of the molecule is O=C(NCc1cc(C2CC2)ncn1)c1ccccc1I. The summed E-state index contributed by atoms with van der Waals surface area (Å²) < 4.78 is 0.948. The number of aromatic nitrogens is 2. The molecule has 1 aliphatic carbocycles. The van der Waals surface area contributed by atoms with Crippen LogP contribution in [-0.2, 0) is 6.54 Å². The Morgan fingerprint density at radius 1 is 1.30 bits per heavy atom. The van der Waals surface area contributed by atoms with Crippen LogP contribution in [0.5, 0.6) is 0 Å². The summed E-state index contributed by atoms with van der Waals surface area (Å²) >= 11 is 2.17. The Kier molecular flexibility index (Phi) is 3.95. The third-order valence-corrected chi connectivity index (χ3v) is 4.23. The molecule has 102 valence electrons. The average molecular weight is 379 g/mol. The number of rotatable bonds is 4. The van der Waals surface area contributed by atoms with Crippen molar-refractivity contribution >= 4 is 28.5 Å². The molecule has 1 aliphatic rings. The number of carbonyl (C=O) groups excluding carboxylic acids is 1. The molecule has 0 spiro atoms. The number of hydrogen-bond acceptors (Lipinski definition) is 3. The average Bonchev–Trinajstić information content (AvgIpc) is 3.30. The van der Waals surface area contributed by atoms with E-state index in [-0.39, 0.29) is 5.91 Å². The van der Waals surface area contributed by atoms with Crippen LogP contribution >= 0.6 is 22.6 Å². The number of hydrogen-bond donors (Lipinski definition) is 1. The molecule has 20 heavy (non-hydrogen) atoms. The van der Waals surface area contributed by atoms with Gasteiger partial charge < -0.3 is 5.32 Å². The van der Waals surface area contributed by atoms with Gasteiger partial charge in [0, 0.05) is 15.2 Å². The zero-order valence-corrected chi connectivity index (χ0v) is 13.0. The number of halogens is 1. The Bertz CT molecular complexity index is 641. The van der Waals surface area contributed by atoms with Crippen molar-refractivity contribution in [1.82, 2.24) is 15.3 Å². The molecule has 1 aromatic carbocycles. The molecular weight excluding hydrogens is 365 g/mol.